The number of carbonyl (C=O) groups excluding carboxylic acids is 1. The van der Waals surface area contributed by atoms with E-state index < -0.39 is 17.7 Å². The first-order valence-corrected chi connectivity index (χ1v) is 10.9. The molecule has 0 spiro atoms. The van der Waals surface area contributed by atoms with Crippen LogP contribution in [0.15, 0.2) is 49.1 Å². The number of amides is 1. The molecular formula is C24H23FN8O3. The molecule has 0 bridgehead atoms. The Morgan fingerprint density at radius 3 is 2.69 bits per heavy atom. The number of anilines is 2. The van der Waals surface area contributed by atoms with Crippen molar-refractivity contribution in [2.24, 2.45) is 0 Å². The van der Waals surface area contributed by atoms with E-state index in [1.807, 2.05) is 0 Å². The largest absolute Gasteiger partial charge is 0.480 e. The average Bonchev–Trinajstić information content (AvgIpc) is 3.30. The van der Waals surface area contributed by atoms with Crippen LogP contribution in [-0.4, -0.2) is 61.0 Å². The summed E-state index contributed by atoms with van der Waals surface area (Å²) in [5, 5.41) is 28.8. The van der Waals surface area contributed by atoms with E-state index >= 15 is 0 Å². The van der Waals surface area contributed by atoms with Gasteiger partial charge in [-0.1, -0.05) is 0 Å². The van der Waals surface area contributed by atoms with Crippen LogP contribution in [0, 0.1) is 11.3 Å². The molecule has 1 atom stereocenters. The zero-order valence-corrected chi connectivity index (χ0v) is 19.7. The molecule has 0 saturated heterocycles. The van der Waals surface area contributed by atoms with Gasteiger partial charge in [0.15, 0.2) is 0 Å². The molecule has 3 N–H and O–H groups in total. The van der Waals surface area contributed by atoms with E-state index in [2.05, 4.69) is 36.8 Å². The minimum atomic E-state index is -1.67. The lowest BCUT2D eigenvalue weighted by molar-refractivity contribution is -0.00177. The number of rotatable bonds is 8. The van der Waals surface area contributed by atoms with Crippen LogP contribution >= 0.6 is 0 Å². The van der Waals surface area contributed by atoms with Gasteiger partial charge in [-0.2, -0.15) is 10.4 Å². The van der Waals surface area contributed by atoms with Crippen molar-refractivity contribution >= 4 is 22.9 Å². The maximum Gasteiger partial charge on any atom is 0.255 e. The Morgan fingerprint density at radius 1 is 1.22 bits per heavy atom. The number of aliphatic hydroxyl groups is 1. The molecule has 0 radical (unpaired) electrons. The number of ether oxygens (including phenoxy) is 1. The first-order chi connectivity index (χ1) is 17.2. The summed E-state index contributed by atoms with van der Waals surface area (Å²) < 4.78 is 20.9. The van der Waals surface area contributed by atoms with E-state index in [1.54, 1.807) is 28.8 Å². The SMILES string of the molecule is COc1cnc(Nc2cc(-c3ccc4cc(C#N)cnn34)ncc2C(=O)NC[C@@H](F)C(C)(C)O)cn1. The number of pyridine rings is 1. The van der Waals surface area contributed by atoms with Gasteiger partial charge in [0, 0.05) is 6.20 Å². The fraction of sp³-hybridized carbons (Fsp3) is 0.250. The summed E-state index contributed by atoms with van der Waals surface area (Å²) in [7, 11) is 1.47. The number of nitrogens with one attached hydrogen (secondary N) is 2. The summed E-state index contributed by atoms with van der Waals surface area (Å²) >= 11 is 0. The molecule has 4 heterocycles. The van der Waals surface area contributed by atoms with Crippen molar-refractivity contribution in [1.29, 1.82) is 5.26 Å². The number of nitriles is 1. The maximum absolute atomic E-state index is 14.2. The lowest BCUT2D eigenvalue weighted by Crippen LogP contribution is -2.42. The molecule has 0 saturated carbocycles. The van der Waals surface area contributed by atoms with Crippen LogP contribution in [0.5, 0.6) is 5.88 Å². The van der Waals surface area contributed by atoms with Crippen molar-refractivity contribution in [3.63, 3.8) is 0 Å². The van der Waals surface area contributed by atoms with E-state index in [-0.39, 0.29) is 12.1 Å². The third-order valence-electron chi connectivity index (χ3n) is 5.35. The van der Waals surface area contributed by atoms with Gasteiger partial charge in [-0.25, -0.2) is 18.9 Å². The van der Waals surface area contributed by atoms with Crippen LogP contribution < -0.4 is 15.4 Å². The number of methoxy groups -OCH3 is 1. The van der Waals surface area contributed by atoms with Gasteiger partial charge in [0.25, 0.3) is 5.91 Å². The number of hydrogen-bond acceptors (Lipinski definition) is 9. The Morgan fingerprint density at radius 2 is 2.03 bits per heavy atom. The monoisotopic (exact) mass is 490 g/mol. The minimum absolute atomic E-state index is 0.125. The molecule has 4 aromatic heterocycles. The number of nitrogens with zero attached hydrogens (tertiary/aromatic N) is 6. The van der Waals surface area contributed by atoms with E-state index in [0.29, 0.717) is 39.9 Å². The smallest absolute Gasteiger partial charge is 0.255 e. The predicted octanol–water partition coefficient (Wildman–Crippen LogP) is 2.65. The minimum Gasteiger partial charge on any atom is -0.480 e. The van der Waals surface area contributed by atoms with Gasteiger partial charge < -0.3 is 20.5 Å². The molecule has 0 unspecified atom stereocenters. The number of carbonyl (C=O) groups is 1. The highest BCUT2D eigenvalue weighted by atomic mass is 19.1. The van der Waals surface area contributed by atoms with Gasteiger partial charge in [0.2, 0.25) is 5.88 Å². The Kier molecular flexibility index (Phi) is 6.75. The lowest BCUT2D eigenvalue weighted by atomic mass is 10.0. The first kappa shape index (κ1) is 24.5. The second-order valence-electron chi connectivity index (χ2n) is 8.43. The maximum atomic E-state index is 14.2. The van der Waals surface area contributed by atoms with Crippen LogP contribution in [0.3, 0.4) is 0 Å². The lowest BCUT2D eigenvalue weighted by Gasteiger charge is -2.22. The fourth-order valence-electron chi connectivity index (χ4n) is 3.29. The van der Waals surface area contributed by atoms with Gasteiger partial charge in [-0.05, 0) is 38.1 Å². The number of fused-ring (bicyclic) bond motifs is 1. The van der Waals surface area contributed by atoms with Crippen molar-refractivity contribution in [3.05, 3.63) is 60.2 Å². The molecule has 0 fully saturated rings. The molecule has 1 amide bonds. The Labute approximate surface area is 205 Å². The highest BCUT2D eigenvalue weighted by Gasteiger charge is 2.27. The molecule has 4 aromatic rings. The van der Waals surface area contributed by atoms with Crippen molar-refractivity contribution < 1.29 is 19.0 Å². The molecule has 0 aliphatic carbocycles. The number of halogens is 1. The Bertz CT molecular complexity index is 1440. The van der Waals surface area contributed by atoms with Gasteiger partial charge in [-0.3, -0.25) is 9.78 Å². The van der Waals surface area contributed by atoms with E-state index in [0.717, 1.165) is 0 Å². The first-order valence-electron chi connectivity index (χ1n) is 10.9. The second kappa shape index (κ2) is 9.93. The molecule has 0 aliphatic rings. The van der Waals surface area contributed by atoms with E-state index in [4.69, 9.17) is 10.00 Å². The van der Waals surface area contributed by atoms with Crippen LogP contribution in [0.25, 0.3) is 16.9 Å². The zero-order chi connectivity index (χ0) is 25.9. The topological polar surface area (TPSA) is 150 Å². The van der Waals surface area contributed by atoms with Crippen molar-refractivity contribution in [3.8, 4) is 23.3 Å². The molecule has 11 nitrogen and oxygen atoms in total. The number of hydrogen-bond donors (Lipinski definition) is 3. The van der Waals surface area contributed by atoms with Crippen LogP contribution in [0.1, 0.15) is 29.8 Å². The Balaban J connectivity index is 1.70. The summed E-state index contributed by atoms with van der Waals surface area (Å²) in [5.74, 6) is 0.0531. The fourth-order valence-corrected chi connectivity index (χ4v) is 3.29. The Hall–Kier alpha value is -4.63. The van der Waals surface area contributed by atoms with E-state index in [9.17, 15) is 14.3 Å². The predicted molar refractivity (Wildman–Crippen MR) is 129 cm³/mol. The quantitative estimate of drug-likeness (QED) is 0.339. The van der Waals surface area contributed by atoms with Gasteiger partial charge in [0.1, 0.15) is 18.1 Å². The molecule has 36 heavy (non-hydrogen) atoms. The second-order valence-corrected chi connectivity index (χ2v) is 8.43. The summed E-state index contributed by atoms with van der Waals surface area (Å²) in [6.45, 7) is 2.26. The third-order valence-corrected chi connectivity index (χ3v) is 5.35. The summed E-state index contributed by atoms with van der Waals surface area (Å²) in [6.07, 6.45) is 3.97. The van der Waals surface area contributed by atoms with Crippen molar-refractivity contribution in [2.75, 3.05) is 19.0 Å². The van der Waals surface area contributed by atoms with Crippen LogP contribution in [0.2, 0.25) is 0 Å². The molecule has 0 aromatic carbocycles. The summed E-state index contributed by atoms with van der Waals surface area (Å²) in [4.78, 5) is 25.7. The molecule has 184 valence electrons. The van der Waals surface area contributed by atoms with Crippen LogP contribution in [-0.2, 0) is 0 Å². The van der Waals surface area contributed by atoms with Gasteiger partial charge >= 0.3 is 0 Å². The van der Waals surface area contributed by atoms with Crippen LogP contribution in [0.4, 0.5) is 15.9 Å². The molecule has 4 rings (SSSR count). The summed E-state index contributed by atoms with van der Waals surface area (Å²) in [5.41, 5.74) is 1.07. The summed E-state index contributed by atoms with van der Waals surface area (Å²) in [6, 6.07) is 8.97. The average molecular weight is 490 g/mol. The van der Waals surface area contributed by atoms with E-state index in [1.165, 1.54) is 45.7 Å². The molecule has 0 aliphatic heterocycles. The molecular weight excluding hydrogens is 467 g/mol. The third kappa shape index (κ3) is 5.21. The highest BCUT2D eigenvalue weighted by molar-refractivity contribution is 6.00. The highest BCUT2D eigenvalue weighted by Crippen LogP contribution is 2.27. The standard InChI is InChI=1S/C24H23FN8O3/c1-24(2,35)20(25)11-30-23(34)16-10-27-18(7-17(16)32-21-12-29-22(36-3)13-28-21)19-5-4-15-6-14(8-26)9-31-33(15)19/h4-7,9-10,12-13,20,35H,11H2,1-3H3,(H,30,34)(H,27,28,32)/t20-/m1/s1. The van der Waals surface area contributed by atoms with Gasteiger partial charge in [0.05, 0.1) is 71.6 Å². The van der Waals surface area contributed by atoms with Crippen molar-refractivity contribution in [1.82, 2.24) is 29.9 Å². The number of aromatic nitrogens is 5. The zero-order valence-electron chi connectivity index (χ0n) is 19.7. The van der Waals surface area contributed by atoms with Gasteiger partial charge in [-0.15, -0.1) is 0 Å². The normalized spacial score (nSPS) is 12.1. The molecule has 12 heteroatoms. The number of alkyl halides is 1. The van der Waals surface area contributed by atoms with Crippen molar-refractivity contribution in [2.45, 2.75) is 25.6 Å².